The van der Waals surface area contributed by atoms with E-state index in [-0.39, 0.29) is 0 Å². The number of aromatic nitrogens is 2. The smallest absolute Gasteiger partial charge is 0.218 e. The predicted molar refractivity (Wildman–Crippen MR) is 68.2 cm³/mol. The van der Waals surface area contributed by atoms with E-state index < -0.39 is 0 Å². The topological polar surface area (TPSA) is 47.0 Å². The Labute approximate surface area is 103 Å². The van der Waals surface area contributed by atoms with E-state index >= 15 is 0 Å². The summed E-state index contributed by atoms with van der Waals surface area (Å²) in [7, 11) is 1.62. The van der Waals surface area contributed by atoms with Crippen molar-refractivity contribution < 1.29 is 4.74 Å². The van der Waals surface area contributed by atoms with Crippen LogP contribution in [0, 0.1) is 5.41 Å². The molecule has 1 saturated carbocycles. The SMILES string of the molecule is COc1cc(NC2CCCCC2(C)C)ncn1. The Morgan fingerprint density at radius 3 is 2.88 bits per heavy atom. The molecular weight excluding hydrogens is 214 g/mol. The average Bonchev–Trinajstić information content (AvgIpc) is 2.32. The minimum atomic E-state index is 0.330. The van der Waals surface area contributed by atoms with E-state index in [9.17, 15) is 0 Å². The highest BCUT2D eigenvalue weighted by molar-refractivity contribution is 5.38. The van der Waals surface area contributed by atoms with Gasteiger partial charge in [0, 0.05) is 12.1 Å². The van der Waals surface area contributed by atoms with Crippen molar-refractivity contribution in [1.29, 1.82) is 0 Å². The van der Waals surface area contributed by atoms with E-state index in [0.29, 0.717) is 17.3 Å². The third-order valence-corrected chi connectivity index (χ3v) is 3.68. The van der Waals surface area contributed by atoms with E-state index in [2.05, 4.69) is 29.1 Å². The van der Waals surface area contributed by atoms with Gasteiger partial charge in [-0.15, -0.1) is 0 Å². The van der Waals surface area contributed by atoms with Gasteiger partial charge in [0.2, 0.25) is 5.88 Å². The van der Waals surface area contributed by atoms with Crippen molar-refractivity contribution in [2.24, 2.45) is 5.41 Å². The van der Waals surface area contributed by atoms with Crippen molar-refractivity contribution >= 4 is 5.82 Å². The summed E-state index contributed by atoms with van der Waals surface area (Å²) < 4.78 is 5.10. The van der Waals surface area contributed by atoms with Crippen LogP contribution in [0.15, 0.2) is 12.4 Å². The first-order chi connectivity index (χ1) is 8.12. The largest absolute Gasteiger partial charge is 0.481 e. The molecule has 0 spiro atoms. The number of anilines is 1. The van der Waals surface area contributed by atoms with Gasteiger partial charge in [-0.3, -0.25) is 0 Å². The van der Waals surface area contributed by atoms with Gasteiger partial charge in [-0.2, -0.15) is 0 Å². The Kier molecular flexibility index (Phi) is 3.50. The van der Waals surface area contributed by atoms with Crippen molar-refractivity contribution in [2.75, 3.05) is 12.4 Å². The number of hydrogen-bond acceptors (Lipinski definition) is 4. The van der Waals surface area contributed by atoms with Gasteiger partial charge >= 0.3 is 0 Å². The number of ether oxygens (including phenoxy) is 1. The molecule has 0 aromatic carbocycles. The Bertz CT molecular complexity index is 379. The molecule has 17 heavy (non-hydrogen) atoms. The third-order valence-electron chi connectivity index (χ3n) is 3.68. The van der Waals surface area contributed by atoms with Gasteiger partial charge in [-0.05, 0) is 18.3 Å². The van der Waals surface area contributed by atoms with Crippen LogP contribution in [0.4, 0.5) is 5.82 Å². The first-order valence-corrected chi connectivity index (χ1v) is 6.24. The fraction of sp³-hybridized carbons (Fsp3) is 0.692. The highest BCUT2D eigenvalue weighted by Crippen LogP contribution is 2.37. The number of methoxy groups -OCH3 is 1. The van der Waals surface area contributed by atoms with Crippen LogP contribution in [-0.2, 0) is 0 Å². The molecule has 1 unspecified atom stereocenters. The van der Waals surface area contributed by atoms with Crippen molar-refractivity contribution in [1.82, 2.24) is 9.97 Å². The minimum absolute atomic E-state index is 0.330. The van der Waals surface area contributed by atoms with Crippen LogP contribution >= 0.6 is 0 Å². The molecule has 94 valence electrons. The summed E-state index contributed by atoms with van der Waals surface area (Å²) >= 11 is 0. The fourth-order valence-corrected chi connectivity index (χ4v) is 2.47. The quantitative estimate of drug-likeness (QED) is 0.875. The molecule has 0 radical (unpaired) electrons. The summed E-state index contributed by atoms with van der Waals surface area (Å²) in [6.45, 7) is 4.64. The maximum Gasteiger partial charge on any atom is 0.218 e. The fourth-order valence-electron chi connectivity index (χ4n) is 2.47. The second-order valence-electron chi connectivity index (χ2n) is 5.38. The Hall–Kier alpha value is -1.32. The molecule has 0 saturated heterocycles. The number of hydrogen-bond donors (Lipinski definition) is 1. The molecule has 1 aliphatic rings. The number of rotatable bonds is 3. The maximum absolute atomic E-state index is 5.10. The van der Waals surface area contributed by atoms with Crippen molar-refractivity contribution in [3.05, 3.63) is 12.4 Å². The molecule has 1 aromatic heterocycles. The van der Waals surface area contributed by atoms with Crippen LogP contribution in [0.1, 0.15) is 39.5 Å². The zero-order chi connectivity index (χ0) is 12.3. The van der Waals surface area contributed by atoms with Crippen LogP contribution in [-0.4, -0.2) is 23.1 Å². The van der Waals surface area contributed by atoms with E-state index in [1.54, 1.807) is 7.11 Å². The highest BCUT2D eigenvalue weighted by atomic mass is 16.5. The van der Waals surface area contributed by atoms with Crippen molar-refractivity contribution in [3.8, 4) is 5.88 Å². The highest BCUT2D eigenvalue weighted by Gasteiger charge is 2.32. The van der Waals surface area contributed by atoms with E-state index in [1.807, 2.05) is 6.07 Å². The molecule has 1 heterocycles. The number of nitrogens with one attached hydrogen (secondary N) is 1. The summed E-state index contributed by atoms with van der Waals surface area (Å²) in [4.78, 5) is 8.26. The van der Waals surface area contributed by atoms with Gasteiger partial charge in [-0.25, -0.2) is 9.97 Å². The summed E-state index contributed by atoms with van der Waals surface area (Å²) in [5.41, 5.74) is 0.330. The van der Waals surface area contributed by atoms with Crippen molar-refractivity contribution in [2.45, 2.75) is 45.6 Å². The molecule has 0 amide bonds. The molecule has 0 bridgehead atoms. The van der Waals surface area contributed by atoms with E-state index in [4.69, 9.17) is 4.74 Å². The molecule has 1 fully saturated rings. The minimum Gasteiger partial charge on any atom is -0.481 e. The van der Waals surface area contributed by atoms with Gasteiger partial charge in [0.15, 0.2) is 0 Å². The van der Waals surface area contributed by atoms with E-state index in [0.717, 1.165) is 5.82 Å². The maximum atomic E-state index is 5.10. The lowest BCUT2D eigenvalue weighted by Crippen LogP contribution is -2.39. The Morgan fingerprint density at radius 2 is 2.18 bits per heavy atom. The van der Waals surface area contributed by atoms with Crippen LogP contribution in [0.5, 0.6) is 5.88 Å². The van der Waals surface area contributed by atoms with Crippen LogP contribution in [0.3, 0.4) is 0 Å². The summed E-state index contributed by atoms with van der Waals surface area (Å²) in [5, 5.41) is 3.51. The predicted octanol–water partition coefficient (Wildman–Crippen LogP) is 2.87. The van der Waals surface area contributed by atoms with Gasteiger partial charge in [0.25, 0.3) is 0 Å². The third kappa shape index (κ3) is 2.87. The Balaban J connectivity index is 2.08. The van der Waals surface area contributed by atoms with Gasteiger partial charge in [0.05, 0.1) is 7.11 Å². The molecule has 1 aromatic rings. The molecule has 4 heteroatoms. The zero-order valence-corrected chi connectivity index (χ0v) is 10.9. The molecular formula is C13H21N3O. The van der Waals surface area contributed by atoms with Crippen molar-refractivity contribution in [3.63, 3.8) is 0 Å². The zero-order valence-electron chi connectivity index (χ0n) is 10.9. The summed E-state index contributed by atoms with van der Waals surface area (Å²) in [6.07, 6.45) is 6.64. The second kappa shape index (κ2) is 4.90. The first kappa shape index (κ1) is 12.1. The first-order valence-electron chi connectivity index (χ1n) is 6.24. The van der Waals surface area contributed by atoms with Gasteiger partial charge in [-0.1, -0.05) is 26.7 Å². The molecule has 1 atom stereocenters. The van der Waals surface area contributed by atoms with Gasteiger partial charge in [0.1, 0.15) is 12.1 Å². The summed E-state index contributed by atoms with van der Waals surface area (Å²) in [5.74, 6) is 1.47. The molecule has 2 rings (SSSR count). The normalized spacial score (nSPS) is 23.1. The summed E-state index contributed by atoms with van der Waals surface area (Å²) in [6, 6.07) is 2.33. The lowest BCUT2D eigenvalue weighted by Gasteiger charge is -2.39. The number of nitrogens with zero attached hydrogens (tertiary/aromatic N) is 2. The average molecular weight is 235 g/mol. The Morgan fingerprint density at radius 1 is 1.35 bits per heavy atom. The molecule has 1 N–H and O–H groups in total. The van der Waals surface area contributed by atoms with Gasteiger partial charge < -0.3 is 10.1 Å². The lowest BCUT2D eigenvalue weighted by molar-refractivity contribution is 0.216. The molecule has 0 aliphatic heterocycles. The monoisotopic (exact) mass is 235 g/mol. The molecule has 1 aliphatic carbocycles. The van der Waals surface area contributed by atoms with Crippen LogP contribution in [0.25, 0.3) is 0 Å². The molecule has 4 nitrogen and oxygen atoms in total. The second-order valence-corrected chi connectivity index (χ2v) is 5.38. The van der Waals surface area contributed by atoms with Crippen LogP contribution in [0.2, 0.25) is 0 Å². The van der Waals surface area contributed by atoms with E-state index in [1.165, 1.54) is 32.0 Å². The lowest BCUT2D eigenvalue weighted by atomic mass is 9.73. The standard InChI is InChI=1S/C13H21N3O/c1-13(2)7-5-4-6-10(13)16-11-8-12(17-3)15-9-14-11/h8-10H,4-7H2,1-3H3,(H,14,15,16). The van der Waals surface area contributed by atoms with Crippen LogP contribution < -0.4 is 10.1 Å².